The molecule has 1 aromatic heterocycles. The highest BCUT2D eigenvalue weighted by atomic mass is 16.5. The Balaban J connectivity index is 1.51. The molecule has 0 spiro atoms. The van der Waals surface area contributed by atoms with Gasteiger partial charge in [-0.15, -0.1) is 0 Å². The van der Waals surface area contributed by atoms with Crippen molar-refractivity contribution in [2.24, 2.45) is 5.41 Å². The Labute approximate surface area is 277 Å². The van der Waals surface area contributed by atoms with E-state index in [4.69, 9.17) is 9.72 Å². The van der Waals surface area contributed by atoms with E-state index in [-0.39, 0.29) is 10.8 Å². The van der Waals surface area contributed by atoms with E-state index in [2.05, 4.69) is 93.8 Å². The van der Waals surface area contributed by atoms with Crippen LogP contribution in [0.1, 0.15) is 114 Å². The van der Waals surface area contributed by atoms with Gasteiger partial charge in [0.15, 0.2) is 6.10 Å². The summed E-state index contributed by atoms with van der Waals surface area (Å²) in [6.45, 7) is 25.8. The topological polar surface area (TPSA) is 65.9 Å². The lowest BCUT2D eigenvalue weighted by atomic mass is 9.81. The summed E-state index contributed by atoms with van der Waals surface area (Å²) in [6, 6.07) is 15.9. The minimum absolute atomic E-state index is 0.158. The third kappa shape index (κ3) is 7.66. The van der Waals surface area contributed by atoms with Gasteiger partial charge in [-0.3, -0.25) is 9.88 Å². The lowest BCUT2D eigenvalue weighted by Crippen LogP contribution is -2.39. The summed E-state index contributed by atoms with van der Waals surface area (Å²) in [4.78, 5) is 22.8. The van der Waals surface area contributed by atoms with Crippen molar-refractivity contribution in [1.29, 1.82) is 0 Å². The average molecular weight is 626 g/mol. The van der Waals surface area contributed by atoms with Crippen molar-refractivity contribution in [2.45, 2.75) is 119 Å². The molecule has 6 heteroatoms. The smallest absolute Gasteiger partial charge is 0.337 e. The molecule has 0 saturated carbocycles. The molecule has 0 radical (unpaired) electrons. The molecule has 3 aromatic rings. The number of pyridine rings is 1. The molecule has 6 nitrogen and oxygen atoms in total. The molecule has 5 rings (SSSR count). The zero-order valence-corrected chi connectivity index (χ0v) is 29.9. The number of aryl methyl sites for hydroxylation is 2. The lowest BCUT2D eigenvalue weighted by Gasteiger charge is -2.41. The van der Waals surface area contributed by atoms with Gasteiger partial charge >= 0.3 is 5.97 Å². The highest BCUT2D eigenvalue weighted by Crippen LogP contribution is 2.45. The van der Waals surface area contributed by atoms with Crippen molar-refractivity contribution in [2.75, 3.05) is 24.5 Å². The monoisotopic (exact) mass is 625 g/mol. The Morgan fingerprint density at radius 3 is 2.17 bits per heavy atom. The molecule has 2 aliphatic heterocycles. The zero-order valence-electron chi connectivity index (χ0n) is 29.9. The van der Waals surface area contributed by atoms with E-state index in [9.17, 15) is 9.90 Å². The highest BCUT2D eigenvalue weighted by Gasteiger charge is 2.36. The van der Waals surface area contributed by atoms with Crippen molar-refractivity contribution in [3.63, 3.8) is 0 Å². The molecule has 1 atom stereocenters. The van der Waals surface area contributed by atoms with Crippen LogP contribution < -0.4 is 4.90 Å². The van der Waals surface area contributed by atoms with E-state index < -0.39 is 17.7 Å². The van der Waals surface area contributed by atoms with E-state index in [0.29, 0.717) is 5.56 Å². The van der Waals surface area contributed by atoms with Gasteiger partial charge in [0.05, 0.1) is 11.3 Å². The Morgan fingerprint density at radius 2 is 1.59 bits per heavy atom. The first kappa shape index (κ1) is 34.1. The van der Waals surface area contributed by atoms with Gasteiger partial charge in [0.25, 0.3) is 0 Å². The standard InChI is InChI=1S/C40H55N3O3/c1-26-33(30-13-14-31-25-42(20-17-29(31)23-30)24-28-11-15-32(16-12-28)38(3,4)5)35(43-21-18-40(9,10)19-22-43)34(27(2)41-26)36(37(44)45)46-39(6,7)8/h11-16,23,36H,17-22,24-25H2,1-10H3,(H,44,45). The highest BCUT2D eigenvalue weighted by molar-refractivity contribution is 5.88. The third-order valence-corrected chi connectivity index (χ3v) is 9.78. The van der Waals surface area contributed by atoms with Crippen LogP contribution in [0.3, 0.4) is 0 Å². The van der Waals surface area contributed by atoms with Gasteiger partial charge in [-0.2, -0.15) is 0 Å². The number of rotatable bonds is 7. The van der Waals surface area contributed by atoms with Crippen LogP contribution in [-0.2, 0) is 34.5 Å². The van der Waals surface area contributed by atoms with Crippen LogP contribution in [-0.4, -0.2) is 46.2 Å². The van der Waals surface area contributed by atoms with Gasteiger partial charge in [0, 0.05) is 55.2 Å². The van der Waals surface area contributed by atoms with Gasteiger partial charge in [0.1, 0.15) is 0 Å². The Morgan fingerprint density at radius 1 is 0.935 bits per heavy atom. The molecule has 1 N–H and O–H groups in total. The fraction of sp³-hybridized carbons (Fsp3) is 0.550. The van der Waals surface area contributed by atoms with Crippen LogP contribution in [0.5, 0.6) is 0 Å². The number of carbonyl (C=O) groups is 1. The second-order valence-corrected chi connectivity index (χ2v) is 16.4. The molecule has 1 unspecified atom stereocenters. The second-order valence-electron chi connectivity index (χ2n) is 16.4. The minimum atomic E-state index is -1.11. The predicted molar refractivity (Wildman–Crippen MR) is 189 cm³/mol. The first-order valence-electron chi connectivity index (χ1n) is 17.0. The van der Waals surface area contributed by atoms with Gasteiger partial charge in [-0.1, -0.05) is 77.1 Å². The molecular weight excluding hydrogens is 570 g/mol. The Kier molecular flexibility index (Phi) is 9.47. The van der Waals surface area contributed by atoms with Gasteiger partial charge in [-0.25, -0.2) is 4.79 Å². The van der Waals surface area contributed by atoms with Gasteiger partial charge < -0.3 is 14.7 Å². The number of benzene rings is 2. The Hall–Kier alpha value is -3.22. The van der Waals surface area contributed by atoms with E-state index in [0.717, 1.165) is 80.2 Å². The molecule has 2 aromatic carbocycles. The quantitative estimate of drug-likeness (QED) is 0.283. The average Bonchev–Trinajstić information content (AvgIpc) is 2.95. The molecule has 2 aliphatic rings. The summed E-state index contributed by atoms with van der Waals surface area (Å²) >= 11 is 0. The van der Waals surface area contributed by atoms with Crippen LogP contribution in [0.25, 0.3) is 11.1 Å². The number of carboxylic acids is 1. The number of fused-ring (bicyclic) bond motifs is 1. The normalized spacial score (nSPS) is 17.9. The molecule has 0 amide bonds. The molecule has 1 fully saturated rings. The molecular formula is C40H55N3O3. The van der Waals surface area contributed by atoms with Crippen LogP contribution >= 0.6 is 0 Å². The first-order chi connectivity index (χ1) is 21.4. The summed E-state index contributed by atoms with van der Waals surface area (Å²) in [5, 5.41) is 10.5. The number of aliphatic carboxylic acids is 1. The minimum Gasteiger partial charge on any atom is -0.479 e. The Bertz CT molecular complexity index is 1570. The maximum absolute atomic E-state index is 12.8. The molecule has 0 aliphatic carbocycles. The van der Waals surface area contributed by atoms with Crippen LogP contribution in [0.15, 0.2) is 42.5 Å². The van der Waals surface area contributed by atoms with Crippen molar-refractivity contribution in [3.8, 4) is 11.1 Å². The summed E-state index contributed by atoms with van der Waals surface area (Å²) in [5.74, 6) is -0.980. The fourth-order valence-electron chi connectivity index (χ4n) is 7.03. The SMILES string of the molecule is Cc1nc(C)c(C(OC(C)(C)C)C(=O)O)c(N2CCC(C)(C)CC2)c1-c1ccc2c(c1)CCN(Cc1ccc(C(C)(C)C)cc1)C2. The summed E-state index contributed by atoms with van der Waals surface area (Å²) in [7, 11) is 0. The number of anilines is 1. The summed E-state index contributed by atoms with van der Waals surface area (Å²) < 4.78 is 6.27. The van der Waals surface area contributed by atoms with Gasteiger partial charge in [0.2, 0.25) is 0 Å². The fourth-order valence-corrected chi connectivity index (χ4v) is 7.03. The second kappa shape index (κ2) is 12.8. The van der Waals surface area contributed by atoms with Crippen molar-refractivity contribution >= 4 is 11.7 Å². The number of ether oxygens (including phenoxy) is 1. The number of nitrogens with zero attached hydrogens (tertiary/aromatic N) is 3. The lowest BCUT2D eigenvalue weighted by molar-refractivity contribution is -0.160. The summed E-state index contributed by atoms with van der Waals surface area (Å²) in [5.41, 5.74) is 10.7. The van der Waals surface area contributed by atoms with E-state index in [1.807, 2.05) is 27.7 Å². The number of piperidine rings is 1. The van der Waals surface area contributed by atoms with Crippen LogP contribution in [0.2, 0.25) is 0 Å². The van der Waals surface area contributed by atoms with Crippen LogP contribution in [0, 0.1) is 19.3 Å². The number of aromatic nitrogens is 1. The number of hydrogen-bond donors (Lipinski definition) is 1. The largest absolute Gasteiger partial charge is 0.479 e. The van der Waals surface area contributed by atoms with Crippen molar-refractivity contribution in [1.82, 2.24) is 9.88 Å². The van der Waals surface area contributed by atoms with Crippen molar-refractivity contribution < 1.29 is 14.6 Å². The molecule has 248 valence electrons. The molecule has 3 heterocycles. The first-order valence-corrected chi connectivity index (χ1v) is 17.0. The number of hydrogen-bond acceptors (Lipinski definition) is 5. The third-order valence-electron chi connectivity index (χ3n) is 9.78. The van der Waals surface area contributed by atoms with E-state index in [1.54, 1.807) is 0 Å². The summed E-state index contributed by atoms with van der Waals surface area (Å²) in [6.07, 6.45) is 1.96. The van der Waals surface area contributed by atoms with Crippen LogP contribution in [0.4, 0.5) is 5.69 Å². The maximum atomic E-state index is 12.8. The molecule has 1 saturated heterocycles. The maximum Gasteiger partial charge on any atom is 0.337 e. The van der Waals surface area contributed by atoms with Gasteiger partial charge in [-0.05, 0) is 92.5 Å². The predicted octanol–water partition coefficient (Wildman–Crippen LogP) is 8.79. The number of carboxylic acid groups (broad SMARTS) is 1. The zero-order chi connectivity index (χ0) is 33.6. The van der Waals surface area contributed by atoms with E-state index in [1.165, 1.54) is 22.3 Å². The van der Waals surface area contributed by atoms with Crippen molar-refractivity contribution in [3.05, 3.63) is 81.7 Å². The molecule has 46 heavy (non-hydrogen) atoms. The van der Waals surface area contributed by atoms with E-state index >= 15 is 0 Å². The molecule has 0 bridgehead atoms.